The van der Waals surface area contributed by atoms with E-state index in [4.69, 9.17) is 4.74 Å². The van der Waals surface area contributed by atoms with Gasteiger partial charge in [0.05, 0.1) is 47.1 Å². The number of aliphatic hydroxyl groups excluding tert-OH is 1. The topological polar surface area (TPSA) is 94.1 Å². The van der Waals surface area contributed by atoms with Gasteiger partial charge in [0.15, 0.2) is 0 Å². The number of nitrogens with one attached hydrogen (secondary N) is 2. The minimum absolute atomic E-state index is 0.0498. The third-order valence-corrected chi connectivity index (χ3v) is 10.1. The third-order valence-electron chi connectivity index (χ3n) is 7.36. The van der Waals surface area contributed by atoms with Crippen molar-refractivity contribution in [3.8, 4) is 17.6 Å². The van der Waals surface area contributed by atoms with Crippen molar-refractivity contribution in [3.05, 3.63) is 46.8 Å². The smallest absolute Gasteiger partial charge is 0.393 e. The molecule has 0 unspecified atom stereocenters. The lowest BCUT2D eigenvalue weighted by molar-refractivity contribution is -0.132. The molecule has 0 atom stereocenters. The van der Waals surface area contributed by atoms with E-state index in [2.05, 4.69) is 22.5 Å². The molecule has 0 spiro atoms. The molecule has 13 heteroatoms. The summed E-state index contributed by atoms with van der Waals surface area (Å²) >= 11 is 1.24. The van der Waals surface area contributed by atoms with Crippen molar-refractivity contribution in [1.29, 1.82) is 0 Å². The number of nitrogens with zero attached hydrogens (tertiary/aromatic N) is 2. The number of hydrogen-bond donors (Lipinski definition) is 3. The lowest BCUT2D eigenvalue weighted by Crippen LogP contribution is -2.45. The van der Waals surface area contributed by atoms with Crippen LogP contribution >= 0.6 is 18.5 Å². The molecule has 1 aliphatic rings. The van der Waals surface area contributed by atoms with E-state index in [1.165, 1.54) is 11.3 Å². The maximum atomic E-state index is 13.7. The molecule has 0 saturated carbocycles. The second-order valence-corrected chi connectivity index (χ2v) is 15.9. The molecule has 0 bridgehead atoms. The first-order valence-corrected chi connectivity index (χ1v) is 18.1. The standard InChI is InChI=1S/C32H40F3N4O4PS/c1-38(2)21-30(41)39-15-12-22(13-16-39)37-27-8-5-7-24-25(20-32(33,34)35)29(45-31(24)27)9-6-14-36-26-11-10-23(44(3,4)42)19-28(26)43-18-17-40/h5,7-8,10-11,19,22,36-37,40H,12-18,20-21H2,1-4H3. The summed E-state index contributed by atoms with van der Waals surface area (Å²) in [7, 11) is 1.17. The molecule has 1 aliphatic heterocycles. The normalized spacial score (nSPS) is 14.4. The Balaban J connectivity index is 1.54. The van der Waals surface area contributed by atoms with Gasteiger partial charge in [-0.25, -0.2) is 0 Å². The summed E-state index contributed by atoms with van der Waals surface area (Å²) in [5, 5.41) is 17.0. The average Bonchev–Trinajstić information content (AvgIpc) is 3.30. The number of amides is 1. The number of aliphatic hydroxyl groups is 1. The van der Waals surface area contributed by atoms with Crippen molar-refractivity contribution in [3.63, 3.8) is 0 Å². The fourth-order valence-corrected chi connectivity index (χ4v) is 7.19. The monoisotopic (exact) mass is 664 g/mol. The summed E-state index contributed by atoms with van der Waals surface area (Å²) in [4.78, 5) is 16.5. The van der Waals surface area contributed by atoms with Crippen LogP contribution in [-0.2, 0) is 15.8 Å². The summed E-state index contributed by atoms with van der Waals surface area (Å²) in [6.07, 6.45) is -4.01. The number of halogens is 3. The average molecular weight is 665 g/mol. The van der Waals surface area contributed by atoms with Gasteiger partial charge in [-0.05, 0) is 75.5 Å². The van der Waals surface area contributed by atoms with Gasteiger partial charge in [-0.3, -0.25) is 4.79 Å². The molecule has 3 N–H and O–H groups in total. The van der Waals surface area contributed by atoms with E-state index in [0.29, 0.717) is 46.6 Å². The fourth-order valence-electron chi connectivity index (χ4n) is 5.16. The molecule has 1 aromatic heterocycles. The lowest BCUT2D eigenvalue weighted by atomic mass is 10.0. The van der Waals surface area contributed by atoms with Crippen molar-refractivity contribution >= 4 is 51.2 Å². The summed E-state index contributed by atoms with van der Waals surface area (Å²) in [6.45, 7) is 4.90. The quantitative estimate of drug-likeness (QED) is 0.195. The second-order valence-electron chi connectivity index (χ2n) is 11.7. The molecule has 45 heavy (non-hydrogen) atoms. The number of carbonyl (C=O) groups is 1. The zero-order chi connectivity index (χ0) is 32.8. The van der Waals surface area contributed by atoms with Gasteiger partial charge < -0.3 is 34.8 Å². The lowest BCUT2D eigenvalue weighted by Gasteiger charge is -2.33. The number of carbonyl (C=O) groups excluding carboxylic acids is 1. The predicted molar refractivity (Wildman–Crippen MR) is 177 cm³/mol. The van der Waals surface area contributed by atoms with Gasteiger partial charge >= 0.3 is 6.18 Å². The number of rotatable bonds is 11. The molecule has 3 aromatic rings. The number of benzene rings is 2. The van der Waals surface area contributed by atoms with Crippen molar-refractivity contribution in [2.75, 3.05) is 77.5 Å². The number of piperidine rings is 1. The number of fused-ring (bicyclic) bond motifs is 1. The number of alkyl halides is 3. The SMILES string of the molecule is CN(C)CC(=O)N1CCC(Nc2cccc3c(CC(F)(F)F)c(C#CCNc4ccc(P(C)(C)=O)cc4OCCO)sc23)CC1. The summed E-state index contributed by atoms with van der Waals surface area (Å²) in [6, 6.07) is 10.6. The zero-order valence-corrected chi connectivity index (χ0v) is 27.7. The van der Waals surface area contributed by atoms with Crippen molar-refractivity contribution in [2.24, 2.45) is 0 Å². The van der Waals surface area contributed by atoms with Crippen LogP contribution in [0, 0.1) is 11.8 Å². The zero-order valence-electron chi connectivity index (χ0n) is 26.0. The maximum absolute atomic E-state index is 13.7. The summed E-state index contributed by atoms with van der Waals surface area (Å²) in [5.41, 5.74) is 1.49. The molecule has 2 aromatic carbocycles. The Hall–Kier alpha value is -3.23. The van der Waals surface area contributed by atoms with Crippen LogP contribution in [0.5, 0.6) is 5.75 Å². The Labute approximate surface area is 266 Å². The Morgan fingerprint density at radius 1 is 1.18 bits per heavy atom. The molecule has 4 rings (SSSR count). The number of ether oxygens (including phenoxy) is 1. The molecule has 2 heterocycles. The number of likely N-dealkylation sites (tertiary alicyclic amines) is 1. The van der Waals surface area contributed by atoms with Gasteiger partial charge in [0, 0.05) is 24.4 Å². The molecule has 0 aliphatic carbocycles. The molecule has 1 saturated heterocycles. The summed E-state index contributed by atoms with van der Waals surface area (Å²) in [5.74, 6) is 6.42. The Morgan fingerprint density at radius 2 is 1.91 bits per heavy atom. The van der Waals surface area contributed by atoms with E-state index in [1.54, 1.807) is 43.7 Å². The highest BCUT2D eigenvalue weighted by Gasteiger charge is 2.31. The van der Waals surface area contributed by atoms with E-state index >= 15 is 0 Å². The molecule has 244 valence electrons. The molecular weight excluding hydrogens is 624 g/mol. The Morgan fingerprint density at radius 3 is 2.56 bits per heavy atom. The molecule has 1 amide bonds. The van der Waals surface area contributed by atoms with Gasteiger partial charge in [-0.15, -0.1) is 11.3 Å². The summed E-state index contributed by atoms with van der Waals surface area (Å²) < 4.78 is 60.0. The van der Waals surface area contributed by atoms with E-state index in [1.807, 2.05) is 30.0 Å². The van der Waals surface area contributed by atoms with Gasteiger partial charge in [-0.2, -0.15) is 13.2 Å². The second kappa shape index (κ2) is 14.9. The fraction of sp³-hybridized carbons (Fsp3) is 0.469. The number of likely N-dealkylation sites (N-methyl/N-ethyl adjacent to an activating group) is 1. The predicted octanol–water partition coefficient (Wildman–Crippen LogP) is 5.05. The van der Waals surface area contributed by atoms with Gasteiger partial charge in [-0.1, -0.05) is 24.0 Å². The van der Waals surface area contributed by atoms with E-state index in [0.717, 1.165) is 23.2 Å². The molecular formula is C32H40F3N4O4PS. The van der Waals surface area contributed by atoms with Crippen LogP contribution in [0.3, 0.4) is 0 Å². The number of hydrogen-bond acceptors (Lipinski definition) is 8. The third kappa shape index (κ3) is 9.63. The minimum Gasteiger partial charge on any atom is -0.489 e. The van der Waals surface area contributed by atoms with Crippen LogP contribution in [0.25, 0.3) is 10.1 Å². The molecule has 1 fully saturated rings. The number of thiophene rings is 1. The van der Waals surface area contributed by atoms with Crippen LogP contribution in [-0.4, -0.2) is 99.8 Å². The highest BCUT2D eigenvalue weighted by Crippen LogP contribution is 2.40. The minimum atomic E-state index is -4.41. The Bertz CT molecular complexity index is 1600. The highest BCUT2D eigenvalue weighted by molar-refractivity contribution is 7.70. The van der Waals surface area contributed by atoms with Crippen LogP contribution in [0.1, 0.15) is 23.3 Å². The van der Waals surface area contributed by atoms with Gasteiger partial charge in [0.2, 0.25) is 5.91 Å². The first-order valence-electron chi connectivity index (χ1n) is 14.7. The van der Waals surface area contributed by atoms with E-state index in [-0.39, 0.29) is 37.3 Å². The Kier molecular flexibility index (Phi) is 11.5. The van der Waals surface area contributed by atoms with Crippen molar-refractivity contribution in [2.45, 2.75) is 31.5 Å². The van der Waals surface area contributed by atoms with E-state index < -0.39 is 19.7 Å². The van der Waals surface area contributed by atoms with Crippen molar-refractivity contribution in [1.82, 2.24) is 9.80 Å². The van der Waals surface area contributed by atoms with Crippen LogP contribution in [0.4, 0.5) is 24.5 Å². The number of anilines is 2. The van der Waals surface area contributed by atoms with Crippen LogP contribution in [0.2, 0.25) is 0 Å². The highest BCUT2D eigenvalue weighted by atomic mass is 32.1. The first kappa shape index (κ1) is 34.6. The van der Waals surface area contributed by atoms with E-state index in [9.17, 15) is 27.6 Å². The van der Waals surface area contributed by atoms with Crippen molar-refractivity contribution < 1.29 is 32.4 Å². The van der Waals surface area contributed by atoms with Gasteiger partial charge in [0.1, 0.15) is 19.5 Å². The largest absolute Gasteiger partial charge is 0.489 e. The van der Waals surface area contributed by atoms with Gasteiger partial charge in [0.25, 0.3) is 0 Å². The molecule has 8 nitrogen and oxygen atoms in total. The first-order chi connectivity index (χ1) is 21.2. The van der Waals surface area contributed by atoms with Crippen LogP contribution in [0.15, 0.2) is 36.4 Å². The maximum Gasteiger partial charge on any atom is 0.393 e. The van der Waals surface area contributed by atoms with Crippen LogP contribution < -0.4 is 20.7 Å². The molecule has 0 radical (unpaired) electrons.